The van der Waals surface area contributed by atoms with Crippen molar-refractivity contribution in [3.63, 3.8) is 0 Å². The predicted octanol–water partition coefficient (Wildman–Crippen LogP) is 2.70. The summed E-state index contributed by atoms with van der Waals surface area (Å²) in [5.41, 5.74) is 1.77. The maximum Gasteiger partial charge on any atom is 0.339 e. The quantitative estimate of drug-likeness (QED) is 0.431. The third kappa shape index (κ3) is 4.60. The number of methoxy groups -OCH3 is 1. The lowest BCUT2D eigenvalue weighted by Crippen LogP contribution is -2.15. The Bertz CT molecular complexity index is 1090. The van der Waals surface area contributed by atoms with E-state index in [9.17, 15) is 14.0 Å². The Morgan fingerprint density at radius 2 is 2.03 bits per heavy atom. The zero-order valence-corrected chi connectivity index (χ0v) is 17.1. The van der Waals surface area contributed by atoms with Crippen molar-refractivity contribution in [2.24, 2.45) is 7.05 Å². The van der Waals surface area contributed by atoms with E-state index in [0.29, 0.717) is 17.1 Å². The van der Waals surface area contributed by atoms with E-state index < -0.39 is 23.9 Å². The second kappa shape index (κ2) is 8.95. The first-order valence-corrected chi connectivity index (χ1v) is 9.11. The first kappa shape index (κ1) is 21.3. The fourth-order valence-electron chi connectivity index (χ4n) is 2.71. The number of hydrogen-bond acceptors (Lipinski definition) is 8. The summed E-state index contributed by atoms with van der Waals surface area (Å²) >= 11 is 5.96. The number of carbonyl (C=O) groups is 2. The molecular formula is C19H17ClFN5O4. The van der Waals surface area contributed by atoms with Gasteiger partial charge in [0, 0.05) is 18.8 Å². The summed E-state index contributed by atoms with van der Waals surface area (Å²) < 4.78 is 24.9. The van der Waals surface area contributed by atoms with Crippen molar-refractivity contribution in [1.29, 1.82) is 0 Å². The molecular weight excluding hydrogens is 417 g/mol. The van der Waals surface area contributed by atoms with Crippen LogP contribution in [0.2, 0.25) is 5.15 Å². The Kier molecular flexibility index (Phi) is 6.36. The van der Waals surface area contributed by atoms with E-state index in [-0.39, 0.29) is 22.7 Å². The van der Waals surface area contributed by atoms with Crippen LogP contribution in [-0.4, -0.2) is 44.0 Å². The van der Waals surface area contributed by atoms with Gasteiger partial charge in [-0.15, -0.1) is 5.10 Å². The summed E-state index contributed by atoms with van der Waals surface area (Å²) in [6, 6.07) is 4.27. The molecule has 0 spiro atoms. The summed E-state index contributed by atoms with van der Waals surface area (Å²) in [4.78, 5) is 31.9. The van der Waals surface area contributed by atoms with Gasteiger partial charge in [-0.2, -0.15) is 0 Å². The summed E-state index contributed by atoms with van der Waals surface area (Å²) in [5, 5.41) is 8.02. The Labute approximate surface area is 175 Å². The zero-order valence-electron chi connectivity index (χ0n) is 16.3. The number of nitrogens with zero attached hydrogens (tertiary/aromatic N) is 5. The fraction of sp³-hybridized carbons (Fsp3) is 0.263. The molecule has 0 N–H and O–H groups in total. The van der Waals surface area contributed by atoms with Crippen LogP contribution in [-0.2, 0) is 27.7 Å². The minimum Gasteiger partial charge on any atom is -0.465 e. The van der Waals surface area contributed by atoms with Gasteiger partial charge in [0.15, 0.2) is 0 Å². The van der Waals surface area contributed by atoms with Crippen LogP contribution in [0.1, 0.15) is 34.6 Å². The highest BCUT2D eigenvalue weighted by molar-refractivity contribution is 6.30. The molecule has 0 unspecified atom stereocenters. The van der Waals surface area contributed by atoms with E-state index in [2.05, 4.69) is 25.0 Å². The highest BCUT2D eigenvalue weighted by Crippen LogP contribution is 2.26. The molecule has 0 radical (unpaired) electrons. The fourth-order valence-corrected chi connectivity index (χ4v) is 2.97. The smallest absolute Gasteiger partial charge is 0.339 e. The normalized spacial score (nSPS) is 11.8. The highest BCUT2D eigenvalue weighted by atomic mass is 35.5. The lowest BCUT2D eigenvalue weighted by Gasteiger charge is -2.15. The molecule has 0 bridgehead atoms. The summed E-state index contributed by atoms with van der Waals surface area (Å²) in [7, 11) is 2.90. The number of rotatable bonds is 6. The molecule has 0 fully saturated rings. The molecule has 3 aromatic rings. The van der Waals surface area contributed by atoms with Crippen molar-refractivity contribution in [1.82, 2.24) is 25.0 Å². The lowest BCUT2D eigenvalue weighted by molar-refractivity contribution is -0.147. The minimum atomic E-state index is -0.810. The molecule has 3 heterocycles. The standard InChI is InChI=1S/C19H17ClFN5O4/c1-10(13-6-12(21)9-23-18(13)20)30-16(27)7-15-17(24-25-26(15)2)14-5-4-11(8-22-14)19(28)29-3/h4-6,8-10H,7H2,1-3H3/t10-/m1/s1. The van der Waals surface area contributed by atoms with Gasteiger partial charge in [0.1, 0.15) is 22.8 Å². The van der Waals surface area contributed by atoms with Gasteiger partial charge in [-0.25, -0.2) is 14.2 Å². The van der Waals surface area contributed by atoms with E-state index in [0.717, 1.165) is 12.3 Å². The number of hydrogen-bond donors (Lipinski definition) is 0. The van der Waals surface area contributed by atoms with E-state index >= 15 is 0 Å². The summed E-state index contributed by atoms with van der Waals surface area (Å²) in [6.07, 6.45) is 1.35. The maximum atomic E-state index is 13.4. The van der Waals surface area contributed by atoms with Crippen LogP contribution in [0.15, 0.2) is 30.6 Å². The molecule has 11 heteroatoms. The molecule has 0 aliphatic heterocycles. The number of esters is 2. The van der Waals surface area contributed by atoms with E-state index in [4.69, 9.17) is 16.3 Å². The molecule has 0 aliphatic rings. The highest BCUT2D eigenvalue weighted by Gasteiger charge is 2.22. The third-order valence-electron chi connectivity index (χ3n) is 4.26. The SMILES string of the molecule is COC(=O)c1ccc(-c2nnn(C)c2CC(=O)O[C@H](C)c2cc(F)cnc2Cl)nc1. The van der Waals surface area contributed by atoms with Crippen molar-refractivity contribution in [2.45, 2.75) is 19.4 Å². The Morgan fingerprint density at radius 1 is 1.27 bits per heavy atom. The number of ether oxygens (including phenoxy) is 2. The summed E-state index contributed by atoms with van der Waals surface area (Å²) in [6.45, 7) is 1.57. The molecule has 0 saturated carbocycles. The number of carbonyl (C=O) groups excluding carboxylic acids is 2. The molecule has 3 rings (SSSR count). The Balaban J connectivity index is 1.77. The Morgan fingerprint density at radius 3 is 2.70 bits per heavy atom. The van der Waals surface area contributed by atoms with Crippen LogP contribution in [0.4, 0.5) is 4.39 Å². The summed E-state index contributed by atoms with van der Waals surface area (Å²) in [5.74, 6) is -1.70. The number of aryl methyl sites for hydroxylation is 1. The zero-order chi connectivity index (χ0) is 21.8. The van der Waals surface area contributed by atoms with Gasteiger partial charge in [-0.3, -0.25) is 14.5 Å². The van der Waals surface area contributed by atoms with Gasteiger partial charge in [0.25, 0.3) is 0 Å². The van der Waals surface area contributed by atoms with Crippen LogP contribution in [0.25, 0.3) is 11.4 Å². The maximum absolute atomic E-state index is 13.4. The molecule has 0 saturated heterocycles. The molecule has 1 atom stereocenters. The van der Waals surface area contributed by atoms with Crippen molar-refractivity contribution in [3.8, 4) is 11.4 Å². The van der Waals surface area contributed by atoms with Crippen molar-refractivity contribution >= 4 is 23.5 Å². The molecule has 9 nitrogen and oxygen atoms in total. The van der Waals surface area contributed by atoms with Crippen molar-refractivity contribution in [3.05, 3.63) is 58.4 Å². The predicted molar refractivity (Wildman–Crippen MR) is 103 cm³/mol. The topological polar surface area (TPSA) is 109 Å². The second-order valence-corrected chi connectivity index (χ2v) is 6.63. The van der Waals surface area contributed by atoms with Gasteiger partial charge in [-0.1, -0.05) is 16.8 Å². The first-order chi connectivity index (χ1) is 14.3. The first-order valence-electron chi connectivity index (χ1n) is 8.73. The Hall–Kier alpha value is -3.40. The number of pyridine rings is 2. The van der Waals surface area contributed by atoms with Crippen LogP contribution in [0, 0.1) is 5.82 Å². The second-order valence-electron chi connectivity index (χ2n) is 6.27. The third-order valence-corrected chi connectivity index (χ3v) is 4.58. The van der Waals surface area contributed by atoms with Gasteiger partial charge in [-0.05, 0) is 25.1 Å². The average Bonchev–Trinajstić information content (AvgIpc) is 3.09. The van der Waals surface area contributed by atoms with Crippen molar-refractivity contribution < 1.29 is 23.5 Å². The number of halogens is 2. The van der Waals surface area contributed by atoms with Crippen LogP contribution < -0.4 is 0 Å². The van der Waals surface area contributed by atoms with Gasteiger partial charge >= 0.3 is 11.9 Å². The van der Waals surface area contributed by atoms with Crippen molar-refractivity contribution in [2.75, 3.05) is 7.11 Å². The largest absolute Gasteiger partial charge is 0.465 e. The molecule has 3 aromatic heterocycles. The van der Waals surface area contributed by atoms with Crippen LogP contribution in [0.5, 0.6) is 0 Å². The molecule has 156 valence electrons. The van der Waals surface area contributed by atoms with E-state index in [1.165, 1.54) is 24.1 Å². The van der Waals surface area contributed by atoms with E-state index in [1.54, 1.807) is 20.0 Å². The molecule has 0 aromatic carbocycles. The molecule has 0 aliphatic carbocycles. The van der Waals surface area contributed by atoms with E-state index in [1.807, 2.05) is 0 Å². The van der Waals surface area contributed by atoms with Gasteiger partial charge in [0.05, 0.1) is 36.7 Å². The molecule has 30 heavy (non-hydrogen) atoms. The minimum absolute atomic E-state index is 0.0504. The van der Waals surface area contributed by atoms with Crippen LogP contribution in [0.3, 0.4) is 0 Å². The van der Waals surface area contributed by atoms with Gasteiger partial charge in [0.2, 0.25) is 0 Å². The number of aromatic nitrogens is 5. The van der Waals surface area contributed by atoms with Gasteiger partial charge < -0.3 is 9.47 Å². The van der Waals surface area contributed by atoms with Crippen LogP contribution >= 0.6 is 11.6 Å². The monoisotopic (exact) mass is 433 g/mol. The lowest BCUT2D eigenvalue weighted by atomic mass is 10.1. The molecule has 0 amide bonds. The average molecular weight is 434 g/mol.